The lowest BCUT2D eigenvalue weighted by molar-refractivity contribution is -0.117. The molecule has 0 saturated carbocycles. The Balaban J connectivity index is 2.07. The molecule has 1 fully saturated rings. The number of oxazole rings is 1. The maximum atomic E-state index is 11.9. The fraction of sp³-hybridized carbons (Fsp3) is 0.500. The van der Waals surface area contributed by atoms with Crippen molar-refractivity contribution in [3.8, 4) is 0 Å². The number of rotatable bonds is 4. The van der Waals surface area contributed by atoms with Crippen LogP contribution in [0.25, 0.3) is 0 Å². The number of carbonyl (C=O) groups excluding carboxylic acids is 3. The quantitative estimate of drug-likeness (QED) is 0.772. The number of esters is 1. The second-order valence-electron chi connectivity index (χ2n) is 4.17. The second-order valence-corrected chi connectivity index (χ2v) is 5.64. The van der Waals surface area contributed by atoms with Gasteiger partial charge >= 0.3 is 12.0 Å². The molecule has 1 aliphatic rings. The SMILES string of the molecule is CCOC(=O)c1cnc(N2CC(SC(C)=O)CC2=O)o1. The topological polar surface area (TPSA) is 89.7 Å². The molecule has 0 aliphatic carbocycles. The number of anilines is 1. The van der Waals surface area contributed by atoms with Crippen molar-refractivity contribution >= 4 is 34.8 Å². The Bertz CT molecular complexity index is 542. The van der Waals surface area contributed by atoms with E-state index in [9.17, 15) is 14.4 Å². The van der Waals surface area contributed by atoms with Gasteiger partial charge in [-0.2, -0.15) is 0 Å². The fourth-order valence-electron chi connectivity index (χ4n) is 1.86. The highest BCUT2D eigenvalue weighted by molar-refractivity contribution is 8.14. The Morgan fingerprint density at radius 2 is 2.35 bits per heavy atom. The zero-order chi connectivity index (χ0) is 14.7. The van der Waals surface area contributed by atoms with Crippen LogP contribution in [0.4, 0.5) is 6.01 Å². The molecule has 0 spiro atoms. The Morgan fingerprint density at radius 1 is 1.60 bits per heavy atom. The third-order valence-corrected chi connectivity index (χ3v) is 3.60. The first-order valence-corrected chi connectivity index (χ1v) is 6.99. The van der Waals surface area contributed by atoms with Gasteiger partial charge in [-0.05, 0) is 6.92 Å². The first kappa shape index (κ1) is 14.6. The number of amides is 1. The molecule has 0 radical (unpaired) electrons. The van der Waals surface area contributed by atoms with Gasteiger partial charge in [0.1, 0.15) is 0 Å². The number of hydrogen-bond donors (Lipinski definition) is 0. The number of hydrogen-bond acceptors (Lipinski definition) is 7. The minimum Gasteiger partial charge on any atom is -0.460 e. The van der Waals surface area contributed by atoms with Crippen molar-refractivity contribution in [2.75, 3.05) is 18.1 Å². The molecule has 0 aromatic carbocycles. The van der Waals surface area contributed by atoms with E-state index >= 15 is 0 Å². The molecular formula is C12H14N2O5S. The van der Waals surface area contributed by atoms with Gasteiger partial charge in [0.05, 0.1) is 12.8 Å². The summed E-state index contributed by atoms with van der Waals surface area (Å²) in [6.07, 6.45) is 1.48. The van der Waals surface area contributed by atoms with Crippen molar-refractivity contribution < 1.29 is 23.5 Å². The molecule has 8 heteroatoms. The highest BCUT2D eigenvalue weighted by Gasteiger charge is 2.34. The predicted octanol–water partition coefficient (Wildman–Crippen LogP) is 1.24. The van der Waals surface area contributed by atoms with Crippen molar-refractivity contribution in [2.24, 2.45) is 0 Å². The van der Waals surface area contributed by atoms with Crippen molar-refractivity contribution in [2.45, 2.75) is 25.5 Å². The maximum absolute atomic E-state index is 11.9. The van der Waals surface area contributed by atoms with Crippen molar-refractivity contribution in [3.05, 3.63) is 12.0 Å². The predicted molar refractivity (Wildman–Crippen MR) is 71.5 cm³/mol. The van der Waals surface area contributed by atoms with Crippen LogP contribution in [-0.2, 0) is 14.3 Å². The van der Waals surface area contributed by atoms with Gasteiger partial charge < -0.3 is 9.15 Å². The second kappa shape index (κ2) is 6.08. The van der Waals surface area contributed by atoms with Gasteiger partial charge in [0.25, 0.3) is 0 Å². The molecule has 0 N–H and O–H groups in total. The molecule has 1 amide bonds. The number of ether oxygens (including phenoxy) is 1. The third kappa shape index (κ3) is 3.19. The molecule has 1 atom stereocenters. The van der Waals surface area contributed by atoms with E-state index in [2.05, 4.69) is 4.98 Å². The summed E-state index contributed by atoms with van der Waals surface area (Å²) in [6.45, 7) is 3.71. The van der Waals surface area contributed by atoms with E-state index in [-0.39, 0.29) is 41.1 Å². The molecule has 108 valence electrons. The number of carbonyl (C=O) groups is 3. The van der Waals surface area contributed by atoms with E-state index in [1.54, 1.807) is 6.92 Å². The Hall–Kier alpha value is -1.83. The molecule has 2 heterocycles. The molecule has 1 aromatic rings. The lowest BCUT2D eigenvalue weighted by Crippen LogP contribution is -2.25. The highest BCUT2D eigenvalue weighted by atomic mass is 32.2. The summed E-state index contributed by atoms with van der Waals surface area (Å²) in [5, 5.41) is -0.151. The van der Waals surface area contributed by atoms with Crippen LogP contribution in [0, 0.1) is 0 Å². The summed E-state index contributed by atoms with van der Waals surface area (Å²) in [7, 11) is 0. The lowest BCUT2D eigenvalue weighted by atomic mass is 10.4. The lowest BCUT2D eigenvalue weighted by Gasteiger charge is -2.10. The normalized spacial score (nSPS) is 18.4. The van der Waals surface area contributed by atoms with E-state index in [1.807, 2.05) is 0 Å². The van der Waals surface area contributed by atoms with E-state index < -0.39 is 5.97 Å². The molecule has 1 aliphatic heterocycles. The minimum absolute atomic E-state index is 0.0377. The van der Waals surface area contributed by atoms with Crippen LogP contribution in [0.2, 0.25) is 0 Å². The van der Waals surface area contributed by atoms with Gasteiger partial charge in [0.15, 0.2) is 5.12 Å². The average molecular weight is 298 g/mol. The van der Waals surface area contributed by atoms with Gasteiger partial charge in [-0.3, -0.25) is 14.5 Å². The summed E-state index contributed by atoms with van der Waals surface area (Å²) in [5.74, 6) is -0.842. The first-order valence-electron chi connectivity index (χ1n) is 6.11. The molecule has 20 heavy (non-hydrogen) atoms. The molecular weight excluding hydrogens is 284 g/mol. The Labute approximate surface area is 119 Å². The van der Waals surface area contributed by atoms with E-state index in [4.69, 9.17) is 9.15 Å². The van der Waals surface area contributed by atoms with Crippen LogP contribution in [0.15, 0.2) is 10.6 Å². The number of nitrogens with zero attached hydrogens (tertiary/aromatic N) is 2. The summed E-state index contributed by atoms with van der Waals surface area (Å²) < 4.78 is 10.0. The summed E-state index contributed by atoms with van der Waals surface area (Å²) >= 11 is 1.12. The van der Waals surface area contributed by atoms with Crippen LogP contribution in [0.5, 0.6) is 0 Å². The Morgan fingerprint density at radius 3 is 3.00 bits per heavy atom. The van der Waals surface area contributed by atoms with Crippen LogP contribution in [-0.4, -0.2) is 40.4 Å². The molecule has 0 bridgehead atoms. The Kier molecular flexibility index (Phi) is 4.43. The third-order valence-electron chi connectivity index (χ3n) is 2.62. The van der Waals surface area contributed by atoms with Gasteiger partial charge in [0, 0.05) is 25.1 Å². The van der Waals surface area contributed by atoms with Gasteiger partial charge in [-0.1, -0.05) is 11.8 Å². The summed E-state index contributed by atoms with van der Waals surface area (Å²) in [6, 6.07) is 0.0599. The smallest absolute Gasteiger partial charge is 0.376 e. The monoisotopic (exact) mass is 298 g/mol. The first-order chi connectivity index (χ1) is 9.51. The summed E-state index contributed by atoms with van der Waals surface area (Å²) in [5.41, 5.74) is 0. The largest absolute Gasteiger partial charge is 0.460 e. The van der Waals surface area contributed by atoms with Gasteiger partial charge in [0.2, 0.25) is 11.7 Å². The van der Waals surface area contributed by atoms with Crippen LogP contribution in [0.1, 0.15) is 30.8 Å². The van der Waals surface area contributed by atoms with E-state index in [0.717, 1.165) is 11.8 Å². The van der Waals surface area contributed by atoms with Crippen molar-refractivity contribution in [1.29, 1.82) is 0 Å². The highest BCUT2D eigenvalue weighted by Crippen LogP contribution is 2.28. The zero-order valence-electron chi connectivity index (χ0n) is 11.1. The standard InChI is InChI=1S/C12H14N2O5S/c1-3-18-11(17)9-5-13-12(19-9)14-6-8(4-10(14)16)20-7(2)15/h5,8H,3-4,6H2,1-2H3. The van der Waals surface area contributed by atoms with Gasteiger partial charge in [-0.25, -0.2) is 9.78 Å². The molecule has 2 rings (SSSR count). The van der Waals surface area contributed by atoms with Crippen LogP contribution >= 0.6 is 11.8 Å². The molecule has 1 saturated heterocycles. The van der Waals surface area contributed by atoms with E-state index in [0.29, 0.717) is 6.54 Å². The fourth-order valence-corrected chi connectivity index (χ4v) is 2.78. The number of aromatic nitrogens is 1. The van der Waals surface area contributed by atoms with Gasteiger partial charge in [-0.15, -0.1) is 0 Å². The van der Waals surface area contributed by atoms with Crippen LogP contribution in [0.3, 0.4) is 0 Å². The van der Waals surface area contributed by atoms with Crippen molar-refractivity contribution in [1.82, 2.24) is 4.98 Å². The number of thioether (sulfide) groups is 1. The molecule has 1 aromatic heterocycles. The molecule has 7 nitrogen and oxygen atoms in total. The van der Waals surface area contributed by atoms with E-state index in [1.165, 1.54) is 18.0 Å². The zero-order valence-corrected chi connectivity index (χ0v) is 11.9. The average Bonchev–Trinajstić information content (AvgIpc) is 2.95. The van der Waals surface area contributed by atoms with Crippen molar-refractivity contribution in [3.63, 3.8) is 0 Å². The summed E-state index contributed by atoms with van der Waals surface area (Å²) in [4.78, 5) is 39.6. The molecule has 1 unspecified atom stereocenters. The minimum atomic E-state index is -0.618. The maximum Gasteiger partial charge on any atom is 0.376 e. The van der Waals surface area contributed by atoms with Crippen LogP contribution < -0.4 is 4.90 Å².